The Morgan fingerprint density at radius 1 is 1.36 bits per heavy atom. The van der Waals surface area contributed by atoms with E-state index in [9.17, 15) is 4.79 Å². The van der Waals surface area contributed by atoms with Crippen LogP contribution in [0.15, 0.2) is 12.2 Å². The fraction of sp³-hybridized carbons (Fsp3) is 0.750. The van der Waals surface area contributed by atoms with Crippen LogP contribution in [0.1, 0.15) is 47.0 Å². The van der Waals surface area contributed by atoms with Gasteiger partial charge in [0, 0.05) is 5.57 Å². The summed E-state index contributed by atoms with van der Waals surface area (Å²) >= 11 is 0. The van der Waals surface area contributed by atoms with E-state index in [1.165, 1.54) is 0 Å². The van der Waals surface area contributed by atoms with Gasteiger partial charge in [-0.25, -0.2) is 4.79 Å². The minimum absolute atomic E-state index is 0.00856. The molecule has 0 saturated carbocycles. The van der Waals surface area contributed by atoms with Crippen molar-refractivity contribution in [2.24, 2.45) is 5.92 Å². The number of esters is 1. The van der Waals surface area contributed by atoms with Gasteiger partial charge in [0.15, 0.2) is 0 Å². The molecule has 0 aromatic carbocycles. The highest BCUT2D eigenvalue weighted by atomic mass is 16.5. The molecule has 0 aliphatic carbocycles. The first-order chi connectivity index (χ1) is 6.52. The Bertz CT molecular complexity index is 196. The Kier molecular flexibility index (Phi) is 6.26. The number of carbonyl (C=O) groups excluding carboxylic acids is 1. The Morgan fingerprint density at radius 3 is 2.36 bits per heavy atom. The van der Waals surface area contributed by atoms with Crippen molar-refractivity contribution < 1.29 is 9.53 Å². The SMILES string of the molecule is C=C(CC)C(=O)OC(C)C(C)CCC. The van der Waals surface area contributed by atoms with Gasteiger partial charge in [-0.1, -0.05) is 33.8 Å². The van der Waals surface area contributed by atoms with E-state index in [2.05, 4.69) is 20.4 Å². The first-order valence-corrected chi connectivity index (χ1v) is 5.41. The molecule has 0 aromatic heterocycles. The maximum absolute atomic E-state index is 11.4. The minimum atomic E-state index is -0.247. The van der Waals surface area contributed by atoms with Crippen LogP contribution in [0, 0.1) is 5.92 Å². The molecule has 0 aliphatic rings. The lowest BCUT2D eigenvalue weighted by molar-refractivity contribution is -0.145. The standard InChI is InChI=1S/C12H22O2/c1-6-8-10(4)11(5)14-12(13)9(3)7-2/h10-11H,3,6-8H2,1-2,4-5H3. The van der Waals surface area contributed by atoms with Crippen molar-refractivity contribution >= 4 is 5.97 Å². The Hall–Kier alpha value is -0.790. The summed E-state index contributed by atoms with van der Waals surface area (Å²) in [4.78, 5) is 11.4. The van der Waals surface area contributed by atoms with Crippen LogP contribution in [0.2, 0.25) is 0 Å². The normalized spacial score (nSPS) is 14.6. The molecule has 0 heterocycles. The molecule has 2 unspecified atom stereocenters. The highest BCUT2D eigenvalue weighted by Gasteiger charge is 2.16. The Balaban J connectivity index is 3.98. The molecule has 0 fully saturated rings. The van der Waals surface area contributed by atoms with E-state index in [0.717, 1.165) is 12.8 Å². The third kappa shape index (κ3) is 4.45. The van der Waals surface area contributed by atoms with E-state index >= 15 is 0 Å². The van der Waals surface area contributed by atoms with Gasteiger partial charge in [-0.3, -0.25) is 0 Å². The lowest BCUT2D eigenvalue weighted by atomic mass is 10.0. The number of rotatable bonds is 6. The van der Waals surface area contributed by atoms with Crippen molar-refractivity contribution in [2.75, 3.05) is 0 Å². The van der Waals surface area contributed by atoms with Gasteiger partial charge in [-0.2, -0.15) is 0 Å². The van der Waals surface area contributed by atoms with Crippen molar-refractivity contribution in [2.45, 2.75) is 53.1 Å². The van der Waals surface area contributed by atoms with Crippen LogP contribution in [0.25, 0.3) is 0 Å². The zero-order valence-electron chi connectivity index (χ0n) is 9.80. The van der Waals surface area contributed by atoms with Crippen molar-refractivity contribution in [1.82, 2.24) is 0 Å². The van der Waals surface area contributed by atoms with Gasteiger partial charge in [-0.05, 0) is 25.7 Å². The predicted octanol–water partition coefficient (Wildman–Crippen LogP) is 3.32. The van der Waals surface area contributed by atoms with Crippen LogP contribution in [-0.2, 0) is 9.53 Å². The van der Waals surface area contributed by atoms with E-state index in [4.69, 9.17) is 4.74 Å². The molecule has 0 aromatic rings. The van der Waals surface area contributed by atoms with Gasteiger partial charge in [0.2, 0.25) is 0 Å². The molecule has 2 heteroatoms. The summed E-state index contributed by atoms with van der Waals surface area (Å²) in [6, 6.07) is 0. The molecule has 0 spiro atoms. The van der Waals surface area contributed by atoms with Crippen LogP contribution in [0.3, 0.4) is 0 Å². The van der Waals surface area contributed by atoms with Crippen molar-refractivity contribution in [3.05, 3.63) is 12.2 Å². The van der Waals surface area contributed by atoms with Crippen LogP contribution >= 0.6 is 0 Å². The second-order valence-corrected chi connectivity index (χ2v) is 3.83. The number of ether oxygens (including phenoxy) is 1. The molecule has 0 rings (SSSR count). The van der Waals surface area contributed by atoms with Crippen LogP contribution in [0.4, 0.5) is 0 Å². The summed E-state index contributed by atoms with van der Waals surface area (Å²) in [6.07, 6.45) is 2.86. The molecule has 2 nitrogen and oxygen atoms in total. The van der Waals surface area contributed by atoms with Crippen LogP contribution in [0.5, 0.6) is 0 Å². The van der Waals surface area contributed by atoms with Gasteiger partial charge < -0.3 is 4.74 Å². The molecule has 0 radical (unpaired) electrons. The first kappa shape index (κ1) is 13.2. The van der Waals surface area contributed by atoms with Crippen molar-refractivity contribution in [1.29, 1.82) is 0 Å². The quantitative estimate of drug-likeness (QED) is 0.483. The predicted molar refractivity (Wildman–Crippen MR) is 59.1 cm³/mol. The maximum Gasteiger partial charge on any atom is 0.333 e. The van der Waals surface area contributed by atoms with Crippen LogP contribution in [-0.4, -0.2) is 12.1 Å². The monoisotopic (exact) mass is 198 g/mol. The van der Waals surface area contributed by atoms with Crippen LogP contribution < -0.4 is 0 Å². The third-order valence-corrected chi connectivity index (χ3v) is 2.55. The molecule has 0 bridgehead atoms. The summed E-state index contributed by atoms with van der Waals surface area (Å²) in [5, 5.41) is 0. The molecule has 0 saturated heterocycles. The third-order valence-electron chi connectivity index (χ3n) is 2.55. The van der Waals surface area contributed by atoms with E-state index in [1.807, 2.05) is 13.8 Å². The number of hydrogen-bond donors (Lipinski definition) is 0. The maximum atomic E-state index is 11.4. The summed E-state index contributed by atoms with van der Waals surface area (Å²) in [7, 11) is 0. The zero-order valence-corrected chi connectivity index (χ0v) is 9.80. The van der Waals surface area contributed by atoms with E-state index in [-0.39, 0.29) is 12.1 Å². The molecule has 0 aliphatic heterocycles. The lowest BCUT2D eigenvalue weighted by Gasteiger charge is -2.20. The first-order valence-electron chi connectivity index (χ1n) is 5.41. The Labute approximate surface area is 87.3 Å². The average molecular weight is 198 g/mol. The van der Waals surface area contributed by atoms with Gasteiger partial charge in [-0.15, -0.1) is 0 Å². The highest BCUT2D eigenvalue weighted by Crippen LogP contribution is 2.15. The van der Waals surface area contributed by atoms with E-state index < -0.39 is 0 Å². The zero-order chi connectivity index (χ0) is 11.1. The van der Waals surface area contributed by atoms with E-state index in [1.54, 1.807) is 0 Å². The van der Waals surface area contributed by atoms with Gasteiger partial charge in [0.1, 0.15) is 6.10 Å². The fourth-order valence-corrected chi connectivity index (χ4v) is 1.20. The smallest absolute Gasteiger partial charge is 0.333 e. The lowest BCUT2D eigenvalue weighted by Crippen LogP contribution is -2.22. The minimum Gasteiger partial charge on any atom is -0.459 e. The molecule has 82 valence electrons. The molecular formula is C12H22O2. The molecule has 0 amide bonds. The van der Waals surface area contributed by atoms with Gasteiger partial charge in [0.05, 0.1) is 0 Å². The summed E-state index contributed by atoms with van der Waals surface area (Å²) in [6.45, 7) is 11.8. The van der Waals surface area contributed by atoms with Gasteiger partial charge in [0.25, 0.3) is 0 Å². The van der Waals surface area contributed by atoms with Crippen molar-refractivity contribution in [3.8, 4) is 0 Å². The molecule has 0 N–H and O–H groups in total. The average Bonchev–Trinajstić information content (AvgIpc) is 2.16. The largest absolute Gasteiger partial charge is 0.459 e. The van der Waals surface area contributed by atoms with Gasteiger partial charge >= 0.3 is 5.97 Å². The summed E-state index contributed by atoms with van der Waals surface area (Å²) in [5.41, 5.74) is 0.556. The molecule has 14 heavy (non-hydrogen) atoms. The Morgan fingerprint density at radius 2 is 1.93 bits per heavy atom. The highest BCUT2D eigenvalue weighted by molar-refractivity contribution is 5.87. The number of carbonyl (C=O) groups is 1. The summed E-state index contributed by atoms with van der Waals surface area (Å²) in [5.74, 6) is 0.177. The van der Waals surface area contributed by atoms with E-state index in [0.29, 0.717) is 17.9 Å². The summed E-state index contributed by atoms with van der Waals surface area (Å²) < 4.78 is 5.28. The fourth-order valence-electron chi connectivity index (χ4n) is 1.20. The second-order valence-electron chi connectivity index (χ2n) is 3.83. The second kappa shape index (κ2) is 6.63. The molecule has 2 atom stereocenters. The molecular weight excluding hydrogens is 176 g/mol. The number of hydrogen-bond acceptors (Lipinski definition) is 2. The topological polar surface area (TPSA) is 26.3 Å². The van der Waals surface area contributed by atoms with Crippen molar-refractivity contribution in [3.63, 3.8) is 0 Å².